The van der Waals surface area contributed by atoms with E-state index < -0.39 is 16.0 Å². The third kappa shape index (κ3) is 7.07. The number of rotatable bonds is 11. The average molecular weight is 632 g/mol. The number of methoxy groups -OCH3 is 1. The number of ether oxygens (including phenoxy) is 3. The van der Waals surface area contributed by atoms with E-state index >= 15 is 0 Å². The molecular formula is C35H41N3O6S. The lowest BCUT2D eigenvalue weighted by Crippen LogP contribution is -2.54. The van der Waals surface area contributed by atoms with Crippen LogP contribution in [0.25, 0.3) is 0 Å². The lowest BCUT2D eigenvalue weighted by Gasteiger charge is -2.38. The molecule has 2 heterocycles. The van der Waals surface area contributed by atoms with Crippen LogP contribution < -0.4 is 10.1 Å². The second kappa shape index (κ2) is 13.9. The molecule has 45 heavy (non-hydrogen) atoms. The van der Waals surface area contributed by atoms with Crippen molar-refractivity contribution in [3.8, 4) is 5.75 Å². The molecule has 9 nitrogen and oxygen atoms in total. The smallest absolute Gasteiger partial charge is 0.338 e. The minimum atomic E-state index is -4.14. The van der Waals surface area contributed by atoms with Crippen LogP contribution in [-0.4, -0.2) is 51.0 Å². The number of guanidine groups is 1. The maximum Gasteiger partial charge on any atom is 0.338 e. The Morgan fingerprint density at radius 1 is 0.933 bits per heavy atom. The van der Waals surface area contributed by atoms with Crippen LogP contribution >= 0.6 is 0 Å². The highest BCUT2D eigenvalue weighted by Crippen LogP contribution is 2.37. The Bertz CT molecular complexity index is 1700. The fourth-order valence-electron chi connectivity index (χ4n) is 6.25. The molecule has 0 unspecified atom stereocenters. The number of hydrogen-bond acceptors (Lipinski definition) is 6. The summed E-state index contributed by atoms with van der Waals surface area (Å²) in [6, 6.07) is 20.7. The second-order valence-corrected chi connectivity index (χ2v) is 13.1. The number of aryl methyl sites for hydroxylation is 1. The molecule has 10 heteroatoms. The molecule has 1 saturated heterocycles. The highest BCUT2D eigenvalue weighted by atomic mass is 32.2. The van der Waals surface area contributed by atoms with E-state index in [1.165, 1.54) is 0 Å². The Kier molecular flexibility index (Phi) is 9.94. The van der Waals surface area contributed by atoms with E-state index in [2.05, 4.69) is 9.71 Å². The van der Waals surface area contributed by atoms with Crippen molar-refractivity contribution in [2.24, 2.45) is 4.40 Å². The van der Waals surface area contributed by atoms with Crippen molar-refractivity contribution < 1.29 is 27.4 Å². The fourth-order valence-corrected chi connectivity index (χ4v) is 7.72. The van der Waals surface area contributed by atoms with Crippen LogP contribution in [0.1, 0.15) is 54.0 Å². The average Bonchev–Trinajstić information content (AvgIpc) is 3.44. The largest absolute Gasteiger partial charge is 0.496 e. The van der Waals surface area contributed by atoms with Crippen molar-refractivity contribution >= 4 is 22.0 Å². The highest BCUT2D eigenvalue weighted by Gasteiger charge is 2.44. The molecule has 3 aromatic rings. The highest BCUT2D eigenvalue weighted by molar-refractivity contribution is 7.90. The maximum absolute atomic E-state index is 14.0. The quantitative estimate of drug-likeness (QED) is 0.212. The number of sulfonamides is 1. The van der Waals surface area contributed by atoms with E-state index in [-0.39, 0.29) is 29.5 Å². The van der Waals surface area contributed by atoms with Gasteiger partial charge in [-0.05, 0) is 80.8 Å². The predicted molar refractivity (Wildman–Crippen MR) is 173 cm³/mol. The van der Waals surface area contributed by atoms with Gasteiger partial charge in [-0.15, -0.1) is 4.40 Å². The van der Waals surface area contributed by atoms with E-state index in [9.17, 15) is 13.2 Å². The van der Waals surface area contributed by atoms with E-state index in [4.69, 9.17) is 14.2 Å². The van der Waals surface area contributed by atoms with Gasteiger partial charge in [-0.1, -0.05) is 60.7 Å². The van der Waals surface area contributed by atoms with Crippen LogP contribution in [-0.2, 0) is 37.5 Å². The molecule has 3 aromatic carbocycles. The maximum atomic E-state index is 14.0. The Hall–Kier alpha value is -4.15. The minimum absolute atomic E-state index is 0.1000. The van der Waals surface area contributed by atoms with Crippen LogP contribution in [0.3, 0.4) is 0 Å². The van der Waals surface area contributed by atoms with Crippen molar-refractivity contribution in [2.75, 3.05) is 13.7 Å². The van der Waals surface area contributed by atoms with Gasteiger partial charge < -0.3 is 24.4 Å². The number of carbonyl (C=O) groups excluding carboxylic acids is 1. The molecule has 2 aliphatic rings. The summed E-state index contributed by atoms with van der Waals surface area (Å²) in [4.78, 5) is 15.6. The molecular weight excluding hydrogens is 590 g/mol. The molecule has 0 saturated carbocycles. The van der Waals surface area contributed by atoms with Gasteiger partial charge in [0.15, 0.2) is 0 Å². The summed E-state index contributed by atoms with van der Waals surface area (Å²) in [5.74, 6) is 0.397. The van der Waals surface area contributed by atoms with Gasteiger partial charge in [0.25, 0.3) is 10.0 Å². The van der Waals surface area contributed by atoms with Crippen LogP contribution in [0.5, 0.6) is 5.75 Å². The summed E-state index contributed by atoms with van der Waals surface area (Å²) in [6.45, 7) is 8.21. The van der Waals surface area contributed by atoms with Gasteiger partial charge in [0, 0.05) is 18.3 Å². The van der Waals surface area contributed by atoms with Crippen LogP contribution in [0.2, 0.25) is 0 Å². The monoisotopic (exact) mass is 631 g/mol. The number of nitrogens with one attached hydrogen (secondary N) is 1. The number of allylic oxidation sites excluding steroid dienone is 1. The molecule has 1 N–H and O–H groups in total. The van der Waals surface area contributed by atoms with Crippen molar-refractivity contribution in [3.05, 3.63) is 106 Å². The number of hydrogen-bond donors (Lipinski definition) is 1. The van der Waals surface area contributed by atoms with Crippen LogP contribution in [0.4, 0.5) is 0 Å². The predicted octanol–water partition coefficient (Wildman–Crippen LogP) is 5.73. The Balaban J connectivity index is 1.45. The van der Waals surface area contributed by atoms with Gasteiger partial charge >= 0.3 is 5.97 Å². The molecule has 0 aliphatic carbocycles. The Morgan fingerprint density at radius 3 is 2.22 bits per heavy atom. The van der Waals surface area contributed by atoms with Crippen molar-refractivity contribution in [3.63, 3.8) is 0 Å². The molecule has 5 rings (SSSR count). The summed E-state index contributed by atoms with van der Waals surface area (Å²) in [5.41, 5.74) is 4.87. The fraction of sp³-hybridized carbons (Fsp3) is 0.371. The molecule has 2 aliphatic heterocycles. The Morgan fingerprint density at radius 2 is 1.58 bits per heavy atom. The summed E-state index contributed by atoms with van der Waals surface area (Å²) >= 11 is 0. The standard InChI is InChI=1S/C35H41N3O6S/c1-23-20-31(42-5)24(2)25(3)33(23)45(40,41)37-35-36-26(4)32(34(39)44-22-28-14-10-7-11-15-28)30-17-16-29(38(30)35)18-19-43-21-27-12-8-6-9-13-27/h6-15,20,29-30H,16-19,21-22H2,1-5H3,(H,36,37)/t29-,30-/m0/s1. The van der Waals surface area contributed by atoms with Crippen molar-refractivity contribution in [1.82, 2.24) is 10.2 Å². The summed E-state index contributed by atoms with van der Waals surface area (Å²) in [5, 5.41) is 3.18. The zero-order valence-electron chi connectivity index (χ0n) is 26.5. The molecule has 0 aromatic heterocycles. The van der Waals surface area contributed by atoms with Gasteiger partial charge in [-0.2, -0.15) is 8.42 Å². The third-order valence-electron chi connectivity index (χ3n) is 8.59. The number of carbonyl (C=O) groups is 1. The lowest BCUT2D eigenvalue weighted by atomic mass is 10.0. The summed E-state index contributed by atoms with van der Waals surface area (Å²) in [7, 11) is -2.58. The zero-order chi connectivity index (χ0) is 32.1. The van der Waals surface area contributed by atoms with Gasteiger partial charge in [-0.25, -0.2) is 4.79 Å². The number of esters is 1. The van der Waals surface area contributed by atoms with Crippen LogP contribution in [0, 0.1) is 20.8 Å². The molecule has 0 spiro atoms. The molecule has 0 radical (unpaired) electrons. The second-order valence-electron chi connectivity index (χ2n) is 11.6. The zero-order valence-corrected chi connectivity index (χ0v) is 27.3. The SMILES string of the molecule is COc1cc(C)c(S(=O)(=O)/N=C2\NC(C)=C(C(=O)OCc3ccccc3)[C@@H]3CC[C@@H](CCOCc4ccccc4)N23)c(C)c1C. The summed E-state index contributed by atoms with van der Waals surface area (Å²) in [6.07, 6.45) is 2.02. The first-order chi connectivity index (χ1) is 21.6. The van der Waals surface area contributed by atoms with Crippen molar-refractivity contribution in [1.29, 1.82) is 0 Å². The van der Waals surface area contributed by atoms with Gasteiger partial charge in [0.05, 0.1) is 30.2 Å². The van der Waals surface area contributed by atoms with Crippen molar-refractivity contribution in [2.45, 2.75) is 77.2 Å². The number of benzene rings is 3. The van der Waals surface area contributed by atoms with E-state index in [0.29, 0.717) is 54.2 Å². The molecule has 238 valence electrons. The van der Waals surface area contributed by atoms with Gasteiger partial charge in [0.2, 0.25) is 5.96 Å². The van der Waals surface area contributed by atoms with Gasteiger partial charge in [0.1, 0.15) is 12.4 Å². The third-order valence-corrected chi connectivity index (χ3v) is 10.1. The van der Waals surface area contributed by atoms with Gasteiger partial charge in [-0.3, -0.25) is 0 Å². The molecule has 1 fully saturated rings. The normalized spacial score (nSPS) is 19.0. The summed E-state index contributed by atoms with van der Waals surface area (Å²) < 4.78 is 49.5. The molecule has 0 amide bonds. The van der Waals surface area contributed by atoms with E-state index in [0.717, 1.165) is 23.1 Å². The Labute approximate surface area is 266 Å². The van der Waals surface area contributed by atoms with Crippen LogP contribution in [0.15, 0.2) is 87.3 Å². The van der Waals surface area contributed by atoms with E-state index in [1.54, 1.807) is 33.9 Å². The lowest BCUT2D eigenvalue weighted by molar-refractivity contribution is -0.141. The topological polar surface area (TPSA) is 107 Å². The first kappa shape index (κ1) is 32.2. The van der Waals surface area contributed by atoms with E-state index in [1.807, 2.05) is 72.5 Å². The number of fused-ring (bicyclic) bond motifs is 1. The molecule has 0 bridgehead atoms. The minimum Gasteiger partial charge on any atom is -0.496 e. The molecule has 2 atom stereocenters. The first-order valence-electron chi connectivity index (χ1n) is 15.2. The first-order valence-corrected chi connectivity index (χ1v) is 16.6. The number of nitrogens with zero attached hydrogens (tertiary/aromatic N) is 2.